The highest BCUT2D eigenvalue weighted by Gasteiger charge is 2.18. The summed E-state index contributed by atoms with van der Waals surface area (Å²) in [5.74, 6) is 0.528. The van der Waals surface area contributed by atoms with Gasteiger partial charge in [0.1, 0.15) is 0 Å². The van der Waals surface area contributed by atoms with Gasteiger partial charge in [0.15, 0.2) is 5.16 Å². The van der Waals surface area contributed by atoms with E-state index < -0.39 is 11.0 Å². The molecule has 1 heterocycles. The molecule has 8 heteroatoms. The standard InChI is InChI=1S/C17H15N3O4S/c1-2-24-17(21)19-15-6-4-3-5-14(15)18-16(19)25-11-12-7-9-13(10-8-12)20(22)23/h3-10H,2,11H2,1H3. The average Bonchev–Trinajstić information content (AvgIpc) is 2.99. The highest BCUT2D eigenvalue weighted by atomic mass is 32.2. The van der Waals surface area contributed by atoms with E-state index in [4.69, 9.17) is 4.74 Å². The largest absolute Gasteiger partial charge is 0.449 e. The molecule has 0 unspecified atom stereocenters. The van der Waals surface area contributed by atoms with Gasteiger partial charge in [-0.2, -0.15) is 0 Å². The van der Waals surface area contributed by atoms with Crippen molar-refractivity contribution >= 4 is 34.6 Å². The molecule has 25 heavy (non-hydrogen) atoms. The Morgan fingerprint density at radius 2 is 1.96 bits per heavy atom. The van der Waals surface area contributed by atoms with E-state index in [1.165, 1.54) is 28.5 Å². The highest BCUT2D eigenvalue weighted by molar-refractivity contribution is 7.98. The number of para-hydroxylation sites is 2. The Bertz CT molecular complexity index is 921. The maximum atomic E-state index is 12.3. The van der Waals surface area contributed by atoms with Gasteiger partial charge in [-0.25, -0.2) is 14.3 Å². The summed E-state index contributed by atoms with van der Waals surface area (Å²) in [6.07, 6.45) is -0.470. The highest BCUT2D eigenvalue weighted by Crippen LogP contribution is 2.27. The number of thioether (sulfide) groups is 1. The van der Waals surface area contributed by atoms with E-state index in [2.05, 4.69) is 4.98 Å². The minimum atomic E-state index is -0.470. The maximum absolute atomic E-state index is 12.3. The number of nitro benzene ring substituents is 1. The van der Waals surface area contributed by atoms with Crippen LogP contribution in [-0.4, -0.2) is 27.2 Å². The number of fused-ring (bicyclic) bond motifs is 1. The number of ether oxygens (including phenoxy) is 1. The fraction of sp³-hybridized carbons (Fsp3) is 0.176. The van der Waals surface area contributed by atoms with E-state index in [-0.39, 0.29) is 12.3 Å². The molecule has 0 amide bonds. The Morgan fingerprint density at radius 1 is 1.24 bits per heavy atom. The number of rotatable bonds is 5. The Morgan fingerprint density at radius 3 is 2.64 bits per heavy atom. The molecule has 3 aromatic rings. The molecule has 0 N–H and O–H groups in total. The number of aromatic nitrogens is 2. The molecule has 128 valence electrons. The van der Waals surface area contributed by atoms with E-state index >= 15 is 0 Å². The van der Waals surface area contributed by atoms with Gasteiger partial charge in [-0.05, 0) is 24.6 Å². The zero-order valence-electron chi connectivity index (χ0n) is 13.4. The summed E-state index contributed by atoms with van der Waals surface area (Å²) in [5, 5.41) is 11.2. The minimum absolute atomic E-state index is 0.0486. The number of non-ortho nitro benzene ring substituents is 1. The number of benzene rings is 2. The number of carbonyl (C=O) groups excluding carboxylic acids is 1. The predicted octanol–water partition coefficient (Wildman–Crippen LogP) is 4.24. The van der Waals surface area contributed by atoms with Crippen molar-refractivity contribution in [3.05, 3.63) is 64.2 Å². The van der Waals surface area contributed by atoms with Crippen LogP contribution in [0.2, 0.25) is 0 Å². The molecule has 0 spiro atoms. The lowest BCUT2D eigenvalue weighted by Crippen LogP contribution is -2.14. The summed E-state index contributed by atoms with van der Waals surface area (Å²) in [7, 11) is 0. The molecule has 0 radical (unpaired) electrons. The summed E-state index contributed by atoms with van der Waals surface area (Å²) in [4.78, 5) is 27.1. The molecular weight excluding hydrogens is 342 g/mol. The van der Waals surface area contributed by atoms with Crippen molar-refractivity contribution in [1.82, 2.24) is 9.55 Å². The quantitative estimate of drug-likeness (QED) is 0.385. The predicted molar refractivity (Wildman–Crippen MR) is 94.8 cm³/mol. The third kappa shape index (κ3) is 3.63. The van der Waals surface area contributed by atoms with Gasteiger partial charge in [-0.3, -0.25) is 10.1 Å². The molecule has 0 saturated carbocycles. The van der Waals surface area contributed by atoms with Crippen LogP contribution >= 0.6 is 11.8 Å². The van der Waals surface area contributed by atoms with Gasteiger partial charge in [0.25, 0.3) is 5.69 Å². The van der Waals surface area contributed by atoms with Crippen LogP contribution in [0.3, 0.4) is 0 Å². The first-order valence-electron chi connectivity index (χ1n) is 7.61. The molecule has 0 fully saturated rings. The van der Waals surface area contributed by atoms with Crippen molar-refractivity contribution in [3.63, 3.8) is 0 Å². The second kappa shape index (κ2) is 7.35. The van der Waals surface area contributed by atoms with Crippen LogP contribution in [0.15, 0.2) is 53.7 Å². The molecule has 0 aliphatic rings. The zero-order chi connectivity index (χ0) is 17.8. The van der Waals surface area contributed by atoms with Crippen LogP contribution in [0.1, 0.15) is 12.5 Å². The van der Waals surface area contributed by atoms with Crippen LogP contribution in [0.25, 0.3) is 11.0 Å². The van der Waals surface area contributed by atoms with Gasteiger partial charge in [-0.1, -0.05) is 36.0 Å². The molecule has 0 atom stereocenters. The van der Waals surface area contributed by atoms with E-state index in [1.807, 2.05) is 24.3 Å². The molecule has 0 bridgehead atoms. The van der Waals surface area contributed by atoms with Crippen molar-refractivity contribution in [3.8, 4) is 0 Å². The Balaban J connectivity index is 1.86. The maximum Gasteiger partial charge on any atom is 0.420 e. The zero-order valence-corrected chi connectivity index (χ0v) is 14.2. The van der Waals surface area contributed by atoms with Crippen molar-refractivity contribution < 1.29 is 14.5 Å². The third-order valence-electron chi connectivity index (χ3n) is 3.50. The summed E-state index contributed by atoms with van der Waals surface area (Å²) in [6.45, 7) is 2.03. The molecule has 7 nitrogen and oxygen atoms in total. The fourth-order valence-electron chi connectivity index (χ4n) is 2.33. The van der Waals surface area contributed by atoms with Crippen LogP contribution < -0.4 is 0 Å². The van der Waals surface area contributed by atoms with Gasteiger partial charge in [0, 0.05) is 17.9 Å². The Hall–Kier alpha value is -2.87. The smallest absolute Gasteiger partial charge is 0.420 e. The molecule has 0 saturated heterocycles. The lowest BCUT2D eigenvalue weighted by atomic mass is 10.2. The number of hydrogen-bond donors (Lipinski definition) is 0. The third-order valence-corrected chi connectivity index (χ3v) is 4.51. The van der Waals surface area contributed by atoms with Gasteiger partial charge < -0.3 is 4.74 Å². The number of nitro groups is 1. The van der Waals surface area contributed by atoms with Crippen LogP contribution in [-0.2, 0) is 10.5 Å². The SMILES string of the molecule is CCOC(=O)n1c(SCc2ccc([N+](=O)[O-])cc2)nc2ccccc21. The molecular formula is C17H15N3O4S. The minimum Gasteiger partial charge on any atom is -0.449 e. The Labute approximate surface area is 147 Å². The summed E-state index contributed by atoms with van der Waals surface area (Å²) in [5.41, 5.74) is 2.35. The van der Waals surface area contributed by atoms with E-state index in [1.54, 1.807) is 19.1 Å². The normalized spacial score (nSPS) is 10.8. The van der Waals surface area contributed by atoms with E-state index in [0.29, 0.717) is 21.9 Å². The lowest BCUT2D eigenvalue weighted by Gasteiger charge is -2.07. The summed E-state index contributed by atoms with van der Waals surface area (Å²) in [6, 6.07) is 13.7. The first-order chi connectivity index (χ1) is 12.1. The van der Waals surface area contributed by atoms with Crippen molar-refractivity contribution in [2.24, 2.45) is 0 Å². The molecule has 0 aliphatic carbocycles. The van der Waals surface area contributed by atoms with Crippen molar-refractivity contribution in [2.75, 3.05) is 6.61 Å². The van der Waals surface area contributed by atoms with Gasteiger partial charge in [0.2, 0.25) is 0 Å². The van der Waals surface area contributed by atoms with Gasteiger partial charge in [-0.15, -0.1) is 0 Å². The van der Waals surface area contributed by atoms with E-state index in [9.17, 15) is 14.9 Å². The van der Waals surface area contributed by atoms with Crippen molar-refractivity contribution in [1.29, 1.82) is 0 Å². The summed E-state index contributed by atoms with van der Waals surface area (Å²) < 4.78 is 6.58. The van der Waals surface area contributed by atoms with Crippen LogP contribution in [0.5, 0.6) is 0 Å². The number of hydrogen-bond acceptors (Lipinski definition) is 6. The molecule has 3 rings (SSSR count). The summed E-state index contributed by atoms with van der Waals surface area (Å²) >= 11 is 1.38. The van der Waals surface area contributed by atoms with Crippen molar-refractivity contribution in [2.45, 2.75) is 17.8 Å². The van der Waals surface area contributed by atoms with Gasteiger partial charge in [0.05, 0.1) is 22.6 Å². The van der Waals surface area contributed by atoms with Gasteiger partial charge >= 0.3 is 6.09 Å². The van der Waals surface area contributed by atoms with E-state index in [0.717, 1.165) is 5.56 Å². The monoisotopic (exact) mass is 357 g/mol. The second-order valence-electron chi connectivity index (χ2n) is 5.13. The Kier molecular flexibility index (Phi) is 4.99. The molecule has 2 aromatic carbocycles. The van der Waals surface area contributed by atoms with Crippen LogP contribution in [0.4, 0.5) is 10.5 Å². The number of carbonyl (C=O) groups is 1. The molecule has 1 aromatic heterocycles. The average molecular weight is 357 g/mol. The lowest BCUT2D eigenvalue weighted by molar-refractivity contribution is -0.384. The first kappa shape index (κ1) is 17.0. The second-order valence-corrected chi connectivity index (χ2v) is 6.07. The molecule has 0 aliphatic heterocycles. The topological polar surface area (TPSA) is 87.3 Å². The fourth-order valence-corrected chi connectivity index (χ4v) is 3.28. The van der Waals surface area contributed by atoms with Crippen LogP contribution in [0, 0.1) is 10.1 Å². The number of imidazole rings is 1. The number of nitrogens with zero attached hydrogens (tertiary/aromatic N) is 3. The first-order valence-corrected chi connectivity index (χ1v) is 8.59.